The van der Waals surface area contributed by atoms with Gasteiger partial charge in [0.05, 0.1) is 44.5 Å². The smallest absolute Gasteiger partial charge is 0.0972 e. The number of aryl methyl sites for hydroxylation is 2. The lowest BCUT2D eigenvalue weighted by molar-refractivity contribution is 0.923. The molecular formula is C54H42N4. The monoisotopic (exact) mass is 746 g/mol. The van der Waals surface area contributed by atoms with Crippen molar-refractivity contribution >= 4 is 65.4 Å². The van der Waals surface area contributed by atoms with Gasteiger partial charge >= 0.3 is 0 Å². The molecule has 0 aliphatic rings. The summed E-state index contributed by atoms with van der Waals surface area (Å²) in [4.78, 5) is 10.6. The second-order valence-electron chi connectivity index (χ2n) is 15.6. The minimum atomic E-state index is 0.913. The molecule has 0 fully saturated rings. The van der Waals surface area contributed by atoms with Crippen LogP contribution >= 0.6 is 0 Å². The number of hydrogen-bond acceptors (Lipinski definition) is 2. The van der Waals surface area contributed by atoms with Crippen molar-refractivity contribution in [1.29, 1.82) is 0 Å². The second-order valence-corrected chi connectivity index (χ2v) is 15.6. The van der Waals surface area contributed by atoms with Crippen molar-refractivity contribution in [2.75, 3.05) is 0 Å². The van der Waals surface area contributed by atoms with Gasteiger partial charge in [0, 0.05) is 54.8 Å². The van der Waals surface area contributed by atoms with Crippen molar-refractivity contribution < 1.29 is 0 Å². The van der Waals surface area contributed by atoms with Crippen molar-refractivity contribution in [2.24, 2.45) is 0 Å². The minimum absolute atomic E-state index is 0.913. The highest BCUT2D eigenvalue weighted by atomic mass is 15.0. The van der Waals surface area contributed by atoms with Gasteiger partial charge in [-0.3, -0.25) is 0 Å². The van der Waals surface area contributed by atoms with Crippen LogP contribution in [0.2, 0.25) is 0 Å². The zero-order valence-electron chi connectivity index (χ0n) is 32.8. The molecule has 4 heteroatoms. The molecule has 0 aliphatic carbocycles. The van der Waals surface area contributed by atoms with Gasteiger partial charge in [0.15, 0.2) is 0 Å². The number of fused-ring (bicyclic) bond motifs is 9. The molecule has 0 saturated carbocycles. The number of para-hydroxylation sites is 2. The van der Waals surface area contributed by atoms with E-state index in [2.05, 4.69) is 193 Å². The van der Waals surface area contributed by atoms with Crippen LogP contribution < -0.4 is 0 Å². The molecular weight excluding hydrogens is 705 g/mol. The van der Waals surface area contributed by atoms with Crippen LogP contribution in [0.15, 0.2) is 170 Å². The summed E-state index contributed by atoms with van der Waals surface area (Å²) in [6.45, 7) is 4.48. The lowest BCUT2D eigenvalue weighted by Crippen LogP contribution is -1.95. The fourth-order valence-electron chi connectivity index (χ4n) is 9.14. The first-order valence-electron chi connectivity index (χ1n) is 20.6. The zero-order chi connectivity index (χ0) is 38.7. The van der Waals surface area contributed by atoms with Crippen molar-refractivity contribution in [3.8, 4) is 33.9 Å². The Kier molecular flexibility index (Phi) is 8.18. The van der Waals surface area contributed by atoms with Crippen LogP contribution in [-0.2, 0) is 12.8 Å². The molecule has 58 heavy (non-hydrogen) atoms. The number of benzene rings is 7. The van der Waals surface area contributed by atoms with E-state index in [4.69, 9.17) is 9.97 Å². The molecule has 0 unspecified atom stereocenters. The van der Waals surface area contributed by atoms with Crippen LogP contribution in [0.25, 0.3) is 99.3 Å². The Hall–Kier alpha value is -7.04. The molecule has 278 valence electrons. The topological polar surface area (TPSA) is 35.6 Å². The van der Waals surface area contributed by atoms with Crippen LogP contribution in [0, 0.1) is 0 Å². The maximum absolute atomic E-state index is 5.28. The van der Waals surface area contributed by atoms with E-state index >= 15 is 0 Å². The summed E-state index contributed by atoms with van der Waals surface area (Å²) in [7, 11) is 0. The zero-order valence-corrected chi connectivity index (χ0v) is 32.8. The summed E-state index contributed by atoms with van der Waals surface area (Å²) in [6, 6.07) is 61.9. The predicted octanol–water partition coefficient (Wildman–Crippen LogP) is 14.2. The van der Waals surface area contributed by atoms with Gasteiger partial charge in [-0.05, 0) is 96.8 Å². The molecule has 0 N–H and O–H groups in total. The highest BCUT2D eigenvalue weighted by molar-refractivity contribution is 6.11. The number of nitrogens with zero attached hydrogens (tertiary/aromatic N) is 4. The lowest BCUT2D eigenvalue weighted by Gasteiger charge is -2.11. The fourth-order valence-corrected chi connectivity index (χ4v) is 9.14. The van der Waals surface area contributed by atoms with Crippen molar-refractivity contribution in [3.05, 3.63) is 181 Å². The molecule has 0 saturated heterocycles. The Bertz CT molecular complexity index is 3120. The maximum atomic E-state index is 5.28. The highest BCUT2D eigenvalue weighted by Crippen LogP contribution is 2.36. The van der Waals surface area contributed by atoms with Gasteiger partial charge in [0.25, 0.3) is 0 Å². The van der Waals surface area contributed by atoms with Crippen LogP contribution in [0.1, 0.15) is 37.8 Å². The highest BCUT2D eigenvalue weighted by Gasteiger charge is 2.16. The third-order valence-electron chi connectivity index (χ3n) is 11.9. The molecule has 0 aliphatic heterocycles. The van der Waals surface area contributed by atoms with Gasteiger partial charge in [0.2, 0.25) is 0 Å². The van der Waals surface area contributed by atoms with Gasteiger partial charge in [-0.1, -0.05) is 124 Å². The molecule has 0 radical (unpaired) electrons. The van der Waals surface area contributed by atoms with E-state index in [-0.39, 0.29) is 0 Å². The summed E-state index contributed by atoms with van der Waals surface area (Å²) < 4.78 is 4.77. The molecule has 11 rings (SSSR count). The third kappa shape index (κ3) is 5.59. The van der Waals surface area contributed by atoms with Crippen LogP contribution in [-0.4, -0.2) is 19.1 Å². The Balaban J connectivity index is 0.948. The summed E-state index contributed by atoms with van der Waals surface area (Å²) in [5.74, 6) is 0. The first-order chi connectivity index (χ1) is 28.6. The molecule has 4 heterocycles. The predicted molar refractivity (Wildman–Crippen MR) is 245 cm³/mol. The number of pyridine rings is 2. The van der Waals surface area contributed by atoms with Crippen molar-refractivity contribution in [1.82, 2.24) is 19.1 Å². The van der Waals surface area contributed by atoms with E-state index in [1.54, 1.807) is 0 Å². The van der Waals surface area contributed by atoms with Gasteiger partial charge in [0.1, 0.15) is 0 Å². The first-order valence-corrected chi connectivity index (χ1v) is 20.6. The van der Waals surface area contributed by atoms with Crippen LogP contribution in [0.5, 0.6) is 0 Å². The van der Waals surface area contributed by atoms with E-state index in [1.807, 2.05) is 0 Å². The largest absolute Gasteiger partial charge is 0.309 e. The fraction of sp³-hybridized carbons (Fsp3) is 0.111. The quantitative estimate of drug-likeness (QED) is 0.145. The van der Waals surface area contributed by atoms with Crippen LogP contribution in [0.3, 0.4) is 0 Å². The molecule has 0 bridgehead atoms. The molecule has 7 aromatic carbocycles. The molecule has 11 aromatic rings. The van der Waals surface area contributed by atoms with E-state index in [1.165, 1.54) is 54.7 Å². The average molecular weight is 747 g/mol. The summed E-state index contributed by atoms with van der Waals surface area (Å²) in [6.07, 6.45) is 4.46. The second kappa shape index (κ2) is 13.9. The Morgan fingerprint density at radius 2 is 0.776 bits per heavy atom. The van der Waals surface area contributed by atoms with E-state index in [9.17, 15) is 0 Å². The number of rotatable bonds is 8. The SMILES string of the molecule is CCCc1ccc2c(c1)c1ccccc1n2-c1ccc(-c2ccc3ccc4ccc(-c5ccc(-n6c7ccccc7c7cc(CCC)ccc76)cc5)nc4c3n2)cc1. The number of aromatic nitrogens is 4. The average Bonchev–Trinajstić information content (AvgIpc) is 3.78. The summed E-state index contributed by atoms with van der Waals surface area (Å²) >= 11 is 0. The van der Waals surface area contributed by atoms with Crippen molar-refractivity contribution in [2.45, 2.75) is 39.5 Å². The van der Waals surface area contributed by atoms with Crippen molar-refractivity contribution in [3.63, 3.8) is 0 Å². The normalized spacial score (nSPS) is 11.9. The van der Waals surface area contributed by atoms with E-state index in [0.717, 1.165) is 81.4 Å². The summed E-state index contributed by atoms with van der Waals surface area (Å²) in [5.41, 5.74) is 15.8. The molecule has 4 nitrogen and oxygen atoms in total. The summed E-state index contributed by atoms with van der Waals surface area (Å²) in [5, 5.41) is 7.34. The minimum Gasteiger partial charge on any atom is -0.309 e. The lowest BCUT2D eigenvalue weighted by atomic mass is 10.1. The molecule has 0 spiro atoms. The molecule has 0 atom stereocenters. The Morgan fingerprint density at radius 1 is 0.379 bits per heavy atom. The molecule has 0 amide bonds. The third-order valence-corrected chi connectivity index (χ3v) is 11.9. The van der Waals surface area contributed by atoms with Gasteiger partial charge in [-0.2, -0.15) is 0 Å². The Labute approximate surface area is 337 Å². The van der Waals surface area contributed by atoms with E-state index in [0.29, 0.717) is 0 Å². The number of hydrogen-bond donors (Lipinski definition) is 0. The van der Waals surface area contributed by atoms with Gasteiger partial charge in [-0.15, -0.1) is 0 Å². The van der Waals surface area contributed by atoms with Crippen LogP contribution in [0.4, 0.5) is 0 Å². The Morgan fingerprint density at radius 3 is 1.21 bits per heavy atom. The van der Waals surface area contributed by atoms with Gasteiger partial charge < -0.3 is 9.13 Å². The van der Waals surface area contributed by atoms with Gasteiger partial charge in [-0.25, -0.2) is 9.97 Å². The molecule has 4 aromatic heterocycles. The maximum Gasteiger partial charge on any atom is 0.0972 e. The standard InChI is InChI=1S/C54H42N4/c1-3-9-35-15-31-51-45(33-35)43-11-5-7-13-49(43)57(51)41-25-19-37(20-26-41)47-29-23-39-17-18-40-24-30-48(56-54(40)53(39)55-47)38-21-27-42(28-22-38)58-50-14-8-6-12-44(50)46-34-36(10-4-2)16-32-52(46)58/h5-8,11-34H,3-4,9-10H2,1-2H3. The van der Waals surface area contributed by atoms with E-state index < -0.39 is 0 Å². The first kappa shape index (κ1) is 34.2.